The van der Waals surface area contributed by atoms with Gasteiger partial charge in [-0.2, -0.15) is 4.31 Å². The Morgan fingerprint density at radius 2 is 1.80 bits per heavy atom. The first-order chi connectivity index (χ1) is 9.28. The predicted octanol–water partition coefficient (Wildman–Crippen LogP) is 1.54. The van der Waals surface area contributed by atoms with E-state index in [1.54, 1.807) is 29.4 Å². The third kappa shape index (κ3) is 4.19. The Morgan fingerprint density at radius 3 is 2.30 bits per heavy atom. The van der Waals surface area contributed by atoms with Gasteiger partial charge in [0.1, 0.15) is 0 Å². The number of benzene rings is 1. The number of aryl methyl sites for hydroxylation is 1. The van der Waals surface area contributed by atoms with E-state index < -0.39 is 10.0 Å². The highest BCUT2D eigenvalue weighted by atomic mass is 32.2. The average molecular weight is 299 g/mol. The van der Waals surface area contributed by atoms with Crippen LogP contribution in [0.15, 0.2) is 23.1 Å². The van der Waals surface area contributed by atoms with Crippen LogP contribution in [-0.2, 0) is 10.0 Å². The first kappa shape index (κ1) is 16.9. The quantitative estimate of drug-likeness (QED) is 0.776. The summed E-state index contributed by atoms with van der Waals surface area (Å²) in [5.41, 5.74) is 6.96. The van der Waals surface area contributed by atoms with E-state index in [1.807, 2.05) is 25.9 Å². The van der Waals surface area contributed by atoms with Crippen LogP contribution in [0, 0.1) is 6.92 Å². The zero-order valence-electron chi connectivity index (χ0n) is 12.8. The number of nitrogen functional groups attached to an aromatic ring is 1. The molecule has 0 fully saturated rings. The molecule has 0 heterocycles. The molecule has 1 rings (SSSR count). The molecule has 0 saturated heterocycles. The monoisotopic (exact) mass is 299 g/mol. The summed E-state index contributed by atoms with van der Waals surface area (Å²) in [5.74, 6) is 0. The van der Waals surface area contributed by atoms with E-state index in [1.165, 1.54) is 0 Å². The number of hydrogen-bond donors (Lipinski definition) is 1. The summed E-state index contributed by atoms with van der Waals surface area (Å²) in [6.45, 7) is 5.48. The molecular formula is C14H25N3O2S. The van der Waals surface area contributed by atoms with Crippen LogP contribution in [0.2, 0.25) is 0 Å². The van der Waals surface area contributed by atoms with Crippen molar-refractivity contribution in [3.63, 3.8) is 0 Å². The first-order valence-electron chi connectivity index (χ1n) is 6.80. The summed E-state index contributed by atoms with van der Waals surface area (Å²) in [6, 6.07) is 4.93. The van der Waals surface area contributed by atoms with E-state index in [4.69, 9.17) is 5.73 Å². The molecule has 0 aliphatic heterocycles. The summed E-state index contributed by atoms with van der Waals surface area (Å²) < 4.78 is 27.0. The van der Waals surface area contributed by atoms with Gasteiger partial charge in [-0.15, -0.1) is 0 Å². The van der Waals surface area contributed by atoms with Crippen molar-refractivity contribution in [1.82, 2.24) is 9.21 Å². The highest BCUT2D eigenvalue weighted by Crippen LogP contribution is 2.22. The second kappa shape index (κ2) is 7.06. The molecule has 5 nitrogen and oxygen atoms in total. The maximum Gasteiger partial charge on any atom is 0.243 e. The van der Waals surface area contributed by atoms with Crippen LogP contribution in [0.1, 0.15) is 18.9 Å². The fraction of sp³-hybridized carbons (Fsp3) is 0.571. The van der Waals surface area contributed by atoms with Crippen molar-refractivity contribution in [2.75, 3.05) is 39.5 Å². The van der Waals surface area contributed by atoms with Gasteiger partial charge in [0.2, 0.25) is 10.0 Å². The highest BCUT2D eigenvalue weighted by Gasteiger charge is 2.25. The van der Waals surface area contributed by atoms with Crippen molar-refractivity contribution in [3.8, 4) is 0 Å². The average Bonchev–Trinajstić information content (AvgIpc) is 2.33. The minimum atomic E-state index is -3.46. The fourth-order valence-corrected chi connectivity index (χ4v) is 3.74. The molecular weight excluding hydrogens is 274 g/mol. The number of likely N-dealkylation sites (N-methyl/N-ethyl adjacent to an activating group) is 1. The summed E-state index contributed by atoms with van der Waals surface area (Å²) in [5, 5.41) is 0. The molecule has 2 N–H and O–H groups in total. The Morgan fingerprint density at radius 1 is 1.15 bits per heavy atom. The lowest BCUT2D eigenvalue weighted by Crippen LogP contribution is -2.37. The fourth-order valence-electron chi connectivity index (χ4n) is 2.01. The van der Waals surface area contributed by atoms with Crippen LogP contribution in [0.5, 0.6) is 0 Å². The smallest absolute Gasteiger partial charge is 0.243 e. The standard InChI is InChI=1S/C14H25N3O2S/c1-5-8-17(10-9-16(3)4)20(18,19)14-7-6-13(15)11-12(14)2/h6-7,11H,5,8-10,15H2,1-4H3. The summed E-state index contributed by atoms with van der Waals surface area (Å²) in [7, 11) is 0.416. The van der Waals surface area contributed by atoms with Crippen molar-refractivity contribution in [2.45, 2.75) is 25.2 Å². The Balaban J connectivity index is 3.08. The summed E-state index contributed by atoms with van der Waals surface area (Å²) in [4.78, 5) is 2.33. The van der Waals surface area contributed by atoms with Crippen molar-refractivity contribution < 1.29 is 8.42 Å². The normalized spacial score (nSPS) is 12.3. The van der Waals surface area contributed by atoms with E-state index in [2.05, 4.69) is 0 Å². The lowest BCUT2D eigenvalue weighted by atomic mass is 10.2. The zero-order chi connectivity index (χ0) is 15.3. The van der Waals surface area contributed by atoms with Crippen molar-refractivity contribution in [1.29, 1.82) is 0 Å². The second-order valence-electron chi connectivity index (χ2n) is 5.23. The zero-order valence-corrected chi connectivity index (χ0v) is 13.6. The molecule has 0 spiro atoms. The molecule has 1 aromatic carbocycles. The summed E-state index contributed by atoms with van der Waals surface area (Å²) >= 11 is 0. The van der Waals surface area contributed by atoms with E-state index >= 15 is 0 Å². The third-order valence-electron chi connectivity index (χ3n) is 3.09. The van der Waals surface area contributed by atoms with Crippen molar-refractivity contribution >= 4 is 15.7 Å². The molecule has 0 bridgehead atoms. The van der Waals surface area contributed by atoms with Gasteiger partial charge in [0.15, 0.2) is 0 Å². The Labute approximate surface area is 122 Å². The molecule has 0 radical (unpaired) electrons. The highest BCUT2D eigenvalue weighted by molar-refractivity contribution is 7.89. The van der Waals surface area contributed by atoms with Crippen molar-refractivity contribution in [2.24, 2.45) is 0 Å². The second-order valence-corrected chi connectivity index (χ2v) is 7.14. The third-order valence-corrected chi connectivity index (χ3v) is 5.15. The summed E-state index contributed by atoms with van der Waals surface area (Å²) in [6.07, 6.45) is 0.792. The molecule has 0 amide bonds. The van der Waals surface area contributed by atoms with Gasteiger partial charge >= 0.3 is 0 Å². The molecule has 1 aromatic rings. The first-order valence-corrected chi connectivity index (χ1v) is 8.24. The number of nitrogens with two attached hydrogens (primary N) is 1. The number of hydrogen-bond acceptors (Lipinski definition) is 4. The molecule has 0 unspecified atom stereocenters. The van der Waals surface area contributed by atoms with Gasteiger partial charge < -0.3 is 10.6 Å². The van der Waals surface area contributed by atoms with Gasteiger partial charge in [0.25, 0.3) is 0 Å². The molecule has 6 heteroatoms. The van der Waals surface area contributed by atoms with Crippen molar-refractivity contribution in [3.05, 3.63) is 23.8 Å². The van der Waals surface area contributed by atoms with Gasteiger partial charge in [0.05, 0.1) is 4.90 Å². The van der Waals surface area contributed by atoms with Crippen LogP contribution in [0.25, 0.3) is 0 Å². The van der Waals surface area contributed by atoms with Gasteiger partial charge in [0, 0.05) is 25.3 Å². The minimum Gasteiger partial charge on any atom is -0.399 e. The Bertz CT molecular complexity index is 541. The number of anilines is 1. The number of rotatable bonds is 7. The van der Waals surface area contributed by atoms with Crippen LogP contribution < -0.4 is 5.73 Å². The van der Waals surface area contributed by atoms with E-state index in [0.29, 0.717) is 35.8 Å². The molecule has 0 aliphatic rings. The lowest BCUT2D eigenvalue weighted by Gasteiger charge is -2.24. The molecule has 114 valence electrons. The van der Waals surface area contributed by atoms with Crippen LogP contribution >= 0.6 is 0 Å². The van der Waals surface area contributed by atoms with Gasteiger partial charge in [-0.1, -0.05) is 6.92 Å². The Hall–Kier alpha value is -1.11. The maximum atomic E-state index is 12.7. The van der Waals surface area contributed by atoms with Gasteiger partial charge in [-0.25, -0.2) is 8.42 Å². The SMILES string of the molecule is CCCN(CCN(C)C)S(=O)(=O)c1ccc(N)cc1C. The molecule has 0 aliphatic carbocycles. The Kier molecular flexibility index (Phi) is 5.98. The minimum absolute atomic E-state index is 0.346. The van der Waals surface area contributed by atoms with Crippen LogP contribution in [-0.4, -0.2) is 51.4 Å². The predicted molar refractivity (Wildman–Crippen MR) is 83.2 cm³/mol. The number of nitrogens with zero attached hydrogens (tertiary/aromatic N) is 2. The van der Waals surface area contributed by atoms with Gasteiger partial charge in [-0.05, 0) is 51.2 Å². The largest absolute Gasteiger partial charge is 0.399 e. The topological polar surface area (TPSA) is 66.6 Å². The van der Waals surface area contributed by atoms with E-state index in [-0.39, 0.29) is 0 Å². The maximum absolute atomic E-state index is 12.7. The van der Waals surface area contributed by atoms with E-state index in [9.17, 15) is 8.42 Å². The molecule has 20 heavy (non-hydrogen) atoms. The molecule has 0 aromatic heterocycles. The molecule has 0 atom stereocenters. The van der Waals surface area contributed by atoms with Crippen LogP contribution in [0.4, 0.5) is 5.69 Å². The van der Waals surface area contributed by atoms with E-state index in [0.717, 1.165) is 6.42 Å². The molecule has 0 saturated carbocycles. The lowest BCUT2D eigenvalue weighted by molar-refractivity contribution is 0.333. The number of sulfonamides is 1. The van der Waals surface area contributed by atoms with Crippen LogP contribution in [0.3, 0.4) is 0 Å². The van der Waals surface area contributed by atoms with Gasteiger partial charge in [-0.3, -0.25) is 0 Å².